The summed E-state index contributed by atoms with van der Waals surface area (Å²) >= 11 is 1.50. The average molecular weight is 507 g/mol. The highest BCUT2D eigenvalue weighted by atomic mass is 32.2. The van der Waals surface area contributed by atoms with Gasteiger partial charge < -0.3 is 10.2 Å². The van der Waals surface area contributed by atoms with Gasteiger partial charge >= 0.3 is 0 Å². The third-order valence-electron chi connectivity index (χ3n) is 5.81. The number of amides is 2. The zero-order valence-electron chi connectivity index (χ0n) is 21.5. The van der Waals surface area contributed by atoms with E-state index in [9.17, 15) is 14.0 Å². The number of hydrogen-bond donors (Lipinski definition) is 1. The second kappa shape index (κ2) is 12.7. The minimum Gasteiger partial charge on any atom is -0.350 e. The van der Waals surface area contributed by atoms with Gasteiger partial charge in [0.15, 0.2) is 0 Å². The lowest BCUT2D eigenvalue weighted by molar-refractivity contribution is -0.140. The molecule has 0 saturated heterocycles. The molecule has 1 unspecified atom stereocenters. The van der Waals surface area contributed by atoms with Gasteiger partial charge in [-0.05, 0) is 50.5 Å². The van der Waals surface area contributed by atoms with E-state index < -0.39 is 17.4 Å². The number of halogens is 1. The number of aryl methyl sites for hydroxylation is 1. The number of carbonyl (C=O) groups excluding carboxylic acids is 2. The van der Waals surface area contributed by atoms with Gasteiger partial charge in [-0.1, -0.05) is 72.8 Å². The van der Waals surface area contributed by atoms with E-state index in [1.54, 1.807) is 18.2 Å². The van der Waals surface area contributed by atoms with Crippen LogP contribution in [0.15, 0.2) is 78.9 Å². The zero-order valence-corrected chi connectivity index (χ0v) is 22.3. The largest absolute Gasteiger partial charge is 0.350 e. The normalized spacial score (nSPS) is 12.1. The van der Waals surface area contributed by atoms with Crippen molar-refractivity contribution in [3.8, 4) is 0 Å². The Morgan fingerprint density at radius 2 is 1.53 bits per heavy atom. The van der Waals surface area contributed by atoms with Crippen molar-refractivity contribution in [2.75, 3.05) is 5.75 Å². The van der Waals surface area contributed by atoms with Gasteiger partial charge in [0.25, 0.3) is 0 Å². The lowest BCUT2D eigenvalue weighted by atomic mass is 10.0. The summed E-state index contributed by atoms with van der Waals surface area (Å²) in [6.07, 6.45) is 0.339. The van der Waals surface area contributed by atoms with Crippen molar-refractivity contribution in [2.24, 2.45) is 0 Å². The van der Waals surface area contributed by atoms with Crippen LogP contribution in [0.3, 0.4) is 0 Å². The van der Waals surface area contributed by atoms with Crippen LogP contribution >= 0.6 is 11.8 Å². The fourth-order valence-electron chi connectivity index (χ4n) is 3.92. The summed E-state index contributed by atoms with van der Waals surface area (Å²) in [5.41, 5.74) is 3.19. The quantitative estimate of drug-likeness (QED) is 0.371. The third-order valence-corrected chi connectivity index (χ3v) is 6.78. The van der Waals surface area contributed by atoms with E-state index in [0.717, 1.165) is 5.56 Å². The fraction of sp³-hybridized carbons (Fsp3) is 0.333. The summed E-state index contributed by atoms with van der Waals surface area (Å²) in [4.78, 5) is 28.7. The number of rotatable bonds is 10. The van der Waals surface area contributed by atoms with Crippen molar-refractivity contribution in [3.63, 3.8) is 0 Å². The van der Waals surface area contributed by atoms with E-state index in [-0.39, 0.29) is 24.1 Å². The van der Waals surface area contributed by atoms with E-state index in [0.29, 0.717) is 17.7 Å². The van der Waals surface area contributed by atoms with Crippen molar-refractivity contribution in [3.05, 3.63) is 107 Å². The highest BCUT2D eigenvalue weighted by Crippen LogP contribution is 2.21. The van der Waals surface area contributed by atoms with Crippen LogP contribution in [0.4, 0.5) is 4.39 Å². The molecule has 0 bridgehead atoms. The number of nitrogens with one attached hydrogen (secondary N) is 1. The number of thioether (sulfide) groups is 1. The summed E-state index contributed by atoms with van der Waals surface area (Å²) in [6, 6.07) is 23.3. The van der Waals surface area contributed by atoms with E-state index in [2.05, 4.69) is 24.4 Å². The first-order chi connectivity index (χ1) is 17.1. The lowest BCUT2D eigenvalue weighted by Crippen LogP contribution is -2.54. The Labute approximate surface area is 218 Å². The molecule has 0 heterocycles. The fourth-order valence-corrected chi connectivity index (χ4v) is 4.91. The topological polar surface area (TPSA) is 49.4 Å². The molecule has 190 valence electrons. The highest BCUT2D eigenvalue weighted by molar-refractivity contribution is 7.99. The van der Waals surface area contributed by atoms with Crippen molar-refractivity contribution < 1.29 is 14.0 Å². The van der Waals surface area contributed by atoms with E-state index in [1.807, 2.05) is 63.2 Å². The van der Waals surface area contributed by atoms with Gasteiger partial charge in [-0.3, -0.25) is 9.59 Å². The highest BCUT2D eigenvalue weighted by Gasteiger charge is 2.32. The van der Waals surface area contributed by atoms with Crippen LogP contribution in [0.2, 0.25) is 0 Å². The molecule has 3 aromatic rings. The van der Waals surface area contributed by atoms with Crippen molar-refractivity contribution >= 4 is 23.6 Å². The van der Waals surface area contributed by atoms with Gasteiger partial charge in [0.2, 0.25) is 11.8 Å². The first-order valence-corrected chi connectivity index (χ1v) is 13.3. The molecule has 0 aliphatic carbocycles. The molecule has 1 N–H and O–H groups in total. The van der Waals surface area contributed by atoms with Crippen LogP contribution in [-0.4, -0.2) is 34.0 Å². The molecule has 0 saturated carbocycles. The number of nitrogens with zero attached hydrogens (tertiary/aromatic N) is 1. The van der Waals surface area contributed by atoms with Crippen molar-refractivity contribution in [2.45, 2.75) is 58.0 Å². The van der Waals surface area contributed by atoms with Gasteiger partial charge in [0.05, 0.1) is 5.75 Å². The summed E-state index contributed by atoms with van der Waals surface area (Å²) in [7, 11) is 0. The van der Waals surface area contributed by atoms with Gasteiger partial charge in [0.1, 0.15) is 11.9 Å². The summed E-state index contributed by atoms with van der Waals surface area (Å²) in [6.45, 7) is 7.79. The second-order valence-electron chi connectivity index (χ2n) is 9.98. The average Bonchev–Trinajstić information content (AvgIpc) is 2.83. The standard InChI is InChI=1S/C30H35FN2O2S/c1-22-12-8-9-16-25(22)20-36-21-28(34)33(19-24-15-10-11-17-26(24)31)27(29(35)32-30(2,3)4)18-23-13-6-5-7-14-23/h5-17,27H,18-21H2,1-4H3,(H,32,35). The monoisotopic (exact) mass is 506 g/mol. The van der Waals surface area contributed by atoms with Crippen LogP contribution in [0.25, 0.3) is 0 Å². The molecule has 0 aromatic heterocycles. The second-order valence-corrected chi connectivity index (χ2v) is 11.0. The lowest BCUT2D eigenvalue weighted by Gasteiger charge is -2.34. The molecule has 3 aromatic carbocycles. The minimum absolute atomic E-state index is 0.0193. The number of benzene rings is 3. The molecule has 0 radical (unpaired) electrons. The molecule has 6 heteroatoms. The first kappa shape index (κ1) is 27.5. The minimum atomic E-state index is -0.780. The Kier molecular flexibility index (Phi) is 9.71. The Morgan fingerprint density at radius 3 is 2.17 bits per heavy atom. The van der Waals surface area contributed by atoms with Crippen LogP contribution < -0.4 is 5.32 Å². The predicted octanol–water partition coefficient (Wildman–Crippen LogP) is 5.92. The summed E-state index contributed by atoms with van der Waals surface area (Å²) < 4.78 is 14.6. The van der Waals surface area contributed by atoms with E-state index in [4.69, 9.17) is 0 Å². The molecular formula is C30H35FN2O2S. The molecule has 4 nitrogen and oxygen atoms in total. The molecule has 3 rings (SSSR count). The number of hydrogen-bond acceptors (Lipinski definition) is 3. The van der Waals surface area contributed by atoms with Crippen LogP contribution in [0, 0.1) is 12.7 Å². The Hall–Kier alpha value is -3.12. The Balaban J connectivity index is 1.89. The SMILES string of the molecule is Cc1ccccc1CSCC(=O)N(Cc1ccccc1F)C(Cc1ccccc1)C(=O)NC(C)(C)C. The van der Waals surface area contributed by atoms with Gasteiger partial charge in [-0.25, -0.2) is 4.39 Å². The van der Waals surface area contributed by atoms with Crippen molar-refractivity contribution in [1.29, 1.82) is 0 Å². The molecule has 0 aliphatic rings. The Morgan fingerprint density at radius 1 is 0.917 bits per heavy atom. The molecule has 1 atom stereocenters. The van der Waals surface area contributed by atoms with Crippen LogP contribution in [0.5, 0.6) is 0 Å². The maximum atomic E-state index is 14.6. The van der Waals surface area contributed by atoms with Gasteiger partial charge in [-0.2, -0.15) is 0 Å². The first-order valence-electron chi connectivity index (χ1n) is 12.1. The molecule has 0 aliphatic heterocycles. The maximum Gasteiger partial charge on any atom is 0.243 e. The molecule has 0 spiro atoms. The molecule has 0 fully saturated rings. The molecule has 36 heavy (non-hydrogen) atoms. The predicted molar refractivity (Wildman–Crippen MR) is 146 cm³/mol. The summed E-state index contributed by atoms with van der Waals surface area (Å²) in [5.74, 6) is 0.0414. The van der Waals surface area contributed by atoms with E-state index in [1.165, 1.54) is 33.9 Å². The van der Waals surface area contributed by atoms with E-state index >= 15 is 0 Å². The number of carbonyl (C=O) groups is 2. The van der Waals surface area contributed by atoms with Crippen LogP contribution in [-0.2, 0) is 28.3 Å². The summed E-state index contributed by atoms with van der Waals surface area (Å²) in [5, 5.41) is 3.03. The Bertz CT molecular complexity index is 1160. The molecular weight excluding hydrogens is 471 g/mol. The van der Waals surface area contributed by atoms with Crippen molar-refractivity contribution in [1.82, 2.24) is 10.2 Å². The van der Waals surface area contributed by atoms with Gasteiger partial charge in [-0.15, -0.1) is 11.8 Å². The van der Waals surface area contributed by atoms with Gasteiger partial charge in [0, 0.05) is 29.8 Å². The third kappa shape index (κ3) is 8.23. The molecule has 2 amide bonds. The maximum absolute atomic E-state index is 14.6. The smallest absolute Gasteiger partial charge is 0.243 e. The van der Waals surface area contributed by atoms with Crippen LogP contribution in [0.1, 0.15) is 43.0 Å². The zero-order chi connectivity index (χ0) is 26.1.